The zero-order chi connectivity index (χ0) is 37.1. The number of hydrogen-bond acceptors (Lipinski definition) is 8. The van der Waals surface area contributed by atoms with Crippen molar-refractivity contribution in [2.45, 2.75) is 123 Å². The molecule has 0 aromatic rings. The molecule has 0 fully saturated rings. The van der Waals surface area contributed by atoms with Crippen molar-refractivity contribution in [2.75, 3.05) is 47.5 Å². The minimum absolute atomic E-state index is 0.119. The standard InChI is InChI=1S/C41H67NO8/c1-6-8-10-12-14-15-16-17-18-19-20-21-22-23-24-25-26-28-30-32-39(44)50-37(35-48-38(43)31-29-27-13-11-9-7-2)36-49-41(40(45)46)47-34-33-42(3,4)5/h8,10,14-15,17-18,20-21,23-24,26,28,37,41H,6-7,9,11-13,16,19,22,25,27,29-36H2,1-5H3/b10-8-,15-14-,18-17-,21-20-,24-23-,28-26-. The third-order valence-electron chi connectivity index (χ3n) is 7.23. The van der Waals surface area contributed by atoms with Crippen LogP contribution in [0.15, 0.2) is 72.9 Å². The number of esters is 2. The summed E-state index contributed by atoms with van der Waals surface area (Å²) in [6.45, 7) is 4.42. The number of carboxylic acid groups (broad SMARTS) is 1. The van der Waals surface area contributed by atoms with Gasteiger partial charge >= 0.3 is 11.9 Å². The fourth-order valence-corrected chi connectivity index (χ4v) is 4.32. The van der Waals surface area contributed by atoms with Crippen molar-refractivity contribution in [1.29, 1.82) is 0 Å². The Morgan fingerprint density at radius 1 is 0.620 bits per heavy atom. The molecule has 0 amide bonds. The number of rotatable bonds is 32. The lowest BCUT2D eigenvalue weighted by Crippen LogP contribution is -2.44. The quantitative estimate of drug-likeness (QED) is 0.0233. The molecule has 9 heteroatoms. The first-order valence-corrected chi connectivity index (χ1v) is 18.6. The summed E-state index contributed by atoms with van der Waals surface area (Å²) in [5.41, 5.74) is 0. The molecule has 9 nitrogen and oxygen atoms in total. The molecule has 0 aromatic carbocycles. The van der Waals surface area contributed by atoms with Crippen LogP contribution in [0, 0.1) is 0 Å². The van der Waals surface area contributed by atoms with Crippen molar-refractivity contribution >= 4 is 17.9 Å². The van der Waals surface area contributed by atoms with Crippen LogP contribution in [0.1, 0.15) is 110 Å². The molecule has 0 aliphatic carbocycles. The number of quaternary nitrogens is 1. The number of aliphatic carboxylic acids is 1. The van der Waals surface area contributed by atoms with Crippen molar-refractivity contribution in [3.63, 3.8) is 0 Å². The fourth-order valence-electron chi connectivity index (χ4n) is 4.32. The van der Waals surface area contributed by atoms with E-state index in [-0.39, 0.29) is 32.7 Å². The number of likely N-dealkylation sites (N-methyl/N-ethyl adjacent to an activating group) is 1. The highest BCUT2D eigenvalue weighted by Gasteiger charge is 2.21. The Labute approximate surface area is 303 Å². The van der Waals surface area contributed by atoms with E-state index in [4.69, 9.17) is 18.9 Å². The van der Waals surface area contributed by atoms with Gasteiger partial charge in [0.25, 0.3) is 0 Å². The second-order valence-corrected chi connectivity index (χ2v) is 13.1. The van der Waals surface area contributed by atoms with E-state index in [2.05, 4.69) is 74.6 Å². The number of carbonyl (C=O) groups excluding carboxylic acids is 3. The number of ether oxygens (including phenoxy) is 4. The monoisotopic (exact) mass is 701 g/mol. The van der Waals surface area contributed by atoms with E-state index >= 15 is 0 Å². The number of unbranched alkanes of at least 4 members (excludes halogenated alkanes) is 5. The van der Waals surface area contributed by atoms with Crippen LogP contribution in [-0.4, -0.2) is 82.3 Å². The minimum Gasteiger partial charge on any atom is -0.545 e. The Morgan fingerprint density at radius 3 is 1.66 bits per heavy atom. The predicted octanol–water partition coefficient (Wildman–Crippen LogP) is 7.49. The molecule has 0 spiro atoms. The third kappa shape index (κ3) is 33.2. The first kappa shape index (κ1) is 46.7. The number of carboxylic acids is 1. The normalized spacial score (nSPS) is 13.9. The molecule has 0 aliphatic heterocycles. The van der Waals surface area contributed by atoms with Crippen LogP contribution in [0.4, 0.5) is 0 Å². The molecule has 0 saturated carbocycles. The molecule has 284 valence electrons. The van der Waals surface area contributed by atoms with Gasteiger partial charge in [0.1, 0.15) is 13.2 Å². The molecule has 0 aromatic heterocycles. The van der Waals surface area contributed by atoms with Crippen molar-refractivity contribution in [3.8, 4) is 0 Å². The third-order valence-corrected chi connectivity index (χ3v) is 7.23. The molecule has 0 bridgehead atoms. The number of allylic oxidation sites excluding steroid dienone is 12. The highest BCUT2D eigenvalue weighted by molar-refractivity contribution is 5.70. The molecule has 0 radical (unpaired) electrons. The van der Waals surface area contributed by atoms with Crippen LogP contribution < -0.4 is 5.11 Å². The molecule has 2 atom stereocenters. The molecule has 0 rings (SSSR count). The maximum atomic E-state index is 12.6. The zero-order valence-electron chi connectivity index (χ0n) is 31.7. The molecule has 0 N–H and O–H groups in total. The highest BCUT2D eigenvalue weighted by Crippen LogP contribution is 2.09. The minimum atomic E-state index is -1.64. The number of hydrogen-bond donors (Lipinski definition) is 0. The fraction of sp³-hybridized carbons (Fsp3) is 0.634. The first-order valence-electron chi connectivity index (χ1n) is 18.6. The number of carbonyl (C=O) groups is 3. The van der Waals surface area contributed by atoms with Gasteiger partial charge in [-0.25, -0.2) is 0 Å². The maximum absolute atomic E-state index is 12.6. The molecule has 0 aliphatic rings. The topological polar surface area (TPSA) is 111 Å². The Hall–Kier alpha value is -3.27. The van der Waals surface area contributed by atoms with E-state index in [9.17, 15) is 19.5 Å². The van der Waals surface area contributed by atoms with Crippen molar-refractivity contribution in [2.24, 2.45) is 0 Å². The average molecular weight is 702 g/mol. The van der Waals surface area contributed by atoms with Gasteiger partial charge in [-0.3, -0.25) is 9.59 Å². The van der Waals surface area contributed by atoms with E-state index in [0.717, 1.165) is 70.6 Å². The summed E-state index contributed by atoms with van der Waals surface area (Å²) in [5, 5.41) is 11.6. The Balaban J connectivity index is 4.62. The van der Waals surface area contributed by atoms with Crippen LogP contribution in [0.25, 0.3) is 0 Å². The van der Waals surface area contributed by atoms with E-state index < -0.39 is 30.3 Å². The Kier molecular flexibility index (Phi) is 30.8. The molecule has 2 unspecified atom stereocenters. The van der Waals surface area contributed by atoms with Gasteiger partial charge in [0.05, 0.1) is 40.3 Å². The second kappa shape index (κ2) is 32.9. The number of nitrogens with zero attached hydrogens (tertiary/aromatic N) is 1. The van der Waals surface area contributed by atoms with Crippen LogP contribution >= 0.6 is 0 Å². The Bertz CT molecular complexity index is 1050. The van der Waals surface area contributed by atoms with Gasteiger partial charge in [-0.1, -0.05) is 119 Å². The average Bonchev–Trinajstić information content (AvgIpc) is 3.06. The summed E-state index contributed by atoms with van der Waals surface area (Å²) in [7, 11) is 5.86. The molecular formula is C41H67NO8. The van der Waals surface area contributed by atoms with Gasteiger partial charge in [0.2, 0.25) is 0 Å². The van der Waals surface area contributed by atoms with Crippen LogP contribution in [0.5, 0.6) is 0 Å². The summed E-state index contributed by atoms with van der Waals surface area (Å²) in [4.78, 5) is 36.5. The summed E-state index contributed by atoms with van der Waals surface area (Å²) in [6, 6.07) is 0. The SMILES string of the molecule is CC/C=C\C/C=C\C/C=C\C/C=C\C/C=C\C/C=C\CCC(=O)OC(COC(=O)CCCCCCCC)COC(OCC[N+](C)(C)C)C(=O)[O-]. The van der Waals surface area contributed by atoms with E-state index in [1.54, 1.807) is 0 Å². The van der Waals surface area contributed by atoms with Crippen molar-refractivity contribution in [1.82, 2.24) is 0 Å². The van der Waals surface area contributed by atoms with Crippen LogP contribution in [0.3, 0.4) is 0 Å². The van der Waals surface area contributed by atoms with Gasteiger partial charge in [-0.2, -0.15) is 0 Å². The summed E-state index contributed by atoms with van der Waals surface area (Å²) in [6.07, 6.45) is 35.5. The van der Waals surface area contributed by atoms with Gasteiger partial charge in [-0.05, 0) is 51.4 Å². The van der Waals surface area contributed by atoms with Gasteiger partial charge in [0, 0.05) is 12.8 Å². The van der Waals surface area contributed by atoms with Gasteiger partial charge in [-0.15, -0.1) is 0 Å². The van der Waals surface area contributed by atoms with Crippen LogP contribution in [-0.2, 0) is 33.3 Å². The van der Waals surface area contributed by atoms with E-state index in [0.29, 0.717) is 17.4 Å². The molecule has 50 heavy (non-hydrogen) atoms. The summed E-state index contributed by atoms with van der Waals surface area (Å²) >= 11 is 0. The summed E-state index contributed by atoms with van der Waals surface area (Å²) in [5.74, 6) is -2.43. The molecule has 0 saturated heterocycles. The second-order valence-electron chi connectivity index (χ2n) is 13.1. The highest BCUT2D eigenvalue weighted by atomic mass is 16.7. The van der Waals surface area contributed by atoms with Crippen molar-refractivity contribution in [3.05, 3.63) is 72.9 Å². The zero-order valence-corrected chi connectivity index (χ0v) is 31.7. The predicted molar refractivity (Wildman–Crippen MR) is 200 cm³/mol. The first-order chi connectivity index (χ1) is 24.1. The van der Waals surface area contributed by atoms with E-state index in [1.807, 2.05) is 33.3 Å². The Morgan fingerprint density at radius 2 is 1.14 bits per heavy atom. The van der Waals surface area contributed by atoms with Crippen LogP contribution in [0.2, 0.25) is 0 Å². The molecular weight excluding hydrogens is 634 g/mol. The maximum Gasteiger partial charge on any atom is 0.306 e. The van der Waals surface area contributed by atoms with Crippen molar-refractivity contribution < 1.29 is 42.9 Å². The van der Waals surface area contributed by atoms with Gasteiger partial charge < -0.3 is 33.3 Å². The smallest absolute Gasteiger partial charge is 0.306 e. The lowest BCUT2D eigenvalue weighted by atomic mass is 10.1. The molecule has 0 heterocycles. The van der Waals surface area contributed by atoms with E-state index in [1.165, 1.54) is 6.42 Å². The largest absolute Gasteiger partial charge is 0.545 e. The van der Waals surface area contributed by atoms with Gasteiger partial charge in [0.15, 0.2) is 12.4 Å². The lowest BCUT2D eigenvalue weighted by Gasteiger charge is -2.26. The lowest BCUT2D eigenvalue weighted by molar-refractivity contribution is -0.870. The summed E-state index contributed by atoms with van der Waals surface area (Å²) < 4.78 is 22.2.